The molecule has 16 heavy (non-hydrogen) atoms. The van der Waals surface area contributed by atoms with E-state index in [1.54, 1.807) is 0 Å². The molecule has 0 fully saturated rings. The summed E-state index contributed by atoms with van der Waals surface area (Å²) >= 11 is 5.71. The number of hydrogen-bond donors (Lipinski definition) is 4. The third-order valence-electron chi connectivity index (χ3n) is 1.47. The average molecular weight is 269 g/mol. The number of benzene rings is 1. The molecule has 0 bridgehead atoms. The molecule has 0 saturated carbocycles. The van der Waals surface area contributed by atoms with Crippen LogP contribution in [-0.4, -0.2) is 24.1 Å². The van der Waals surface area contributed by atoms with E-state index in [0.717, 1.165) is 18.0 Å². The van der Waals surface area contributed by atoms with Gasteiger partial charge >= 0.3 is 10.4 Å². The first kappa shape index (κ1) is 15.3. The van der Waals surface area contributed by atoms with Gasteiger partial charge in [-0.3, -0.25) is 20.4 Å². The molecule has 0 spiro atoms. The van der Waals surface area contributed by atoms with Crippen molar-refractivity contribution in [1.29, 1.82) is 0 Å². The standard InChI is InChI=1S/C8H11ClN2.H2O4S/c9-8-3-1-7(2-4-8)5-6-11-10;1-5(2,3)4/h1-4,11H,5-6,10H2;(H2,1,2,3,4). The van der Waals surface area contributed by atoms with Gasteiger partial charge in [0.15, 0.2) is 0 Å². The molecule has 0 heterocycles. The van der Waals surface area contributed by atoms with E-state index in [9.17, 15) is 0 Å². The van der Waals surface area contributed by atoms with Crippen molar-refractivity contribution in [3.63, 3.8) is 0 Å². The molecule has 0 aliphatic heterocycles. The van der Waals surface area contributed by atoms with Crippen molar-refractivity contribution in [2.24, 2.45) is 5.84 Å². The van der Waals surface area contributed by atoms with Crippen LogP contribution in [0.2, 0.25) is 5.02 Å². The summed E-state index contributed by atoms with van der Waals surface area (Å²) in [5.74, 6) is 5.13. The summed E-state index contributed by atoms with van der Waals surface area (Å²) in [5.41, 5.74) is 3.84. The Balaban J connectivity index is 0.000000385. The highest BCUT2D eigenvalue weighted by Gasteiger charge is 1.90. The van der Waals surface area contributed by atoms with E-state index in [0.29, 0.717) is 0 Å². The monoisotopic (exact) mass is 268 g/mol. The van der Waals surface area contributed by atoms with Crippen molar-refractivity contribution in [2.45, 2.75) is 6.42 Å². The van der Waals surface area contributed by atoms with Gasteiger partial charge in [-0.2, -0.15) is 8.42 Å². The number of hydrogen-bond acceptors (Lipinski definition) is 4. The first-order chi connectivity index (χ1) is 7.33. The maximum absolute atomic E-state index is 8.74. The van der Waals surface area contributed by atoms with Gasteiger partial charge in [-0.05, 0) is 24.1 Å². The van der Waals surface area contributed by atoms with Gasteiger partial charge in [0.25, 0.3) is 0 Å². The second-order valence-corrected chi connectivity index (χ2v) is 4.11. The molecule has 8 heteroatoms. The van der Waals surface area contributed by atoms with Gasteiger partial charge in [0, 0.05) is 11.6 Å². The molecule has 0 radical (unpaired) electrons. The van der Waals surface area contributed by atoms with Crippen molar-refractivity contribution in [2.75, 3.05) is 6.54 Å². The lowest BCUT2D eigenvalue weighted by molar-refractivity contribution is 0.381. The Kier molecular flexibility index (Phi) is 7.22. The number of nitrogens with two attached hydrogens (primary N) is 1. The molecule has 0 aliphatic carbocycles. The lowest BCUT2D eigenvalue weighted by atomic mass is 10.2. The Morgan fingerprint density at radius 1 is 1.25 bits per heavy atom. The van der Waals surface area contributed by atoms with Gasteiger partial charge in [0.1, 0.15) is 0 Å². The first-order valence-corrected chi connectivity index (χ1v) is 5.98. The van der Waals surface area contributed by atoms with E-state index >= 15 is 0 Å². The summed E-state index contributed by atoms with van der Waals surface area (Å²) in [6, 6.07) is 7.76. The number of rotatable bonds is 3. The number of halogens is 1. The average Bonchev–Trinajstić information content (AvgIpc) is 2.14. The Bertz CT molecular complexity index is 385. The Morgan fingerprint density at radius 2 is 1.69 bits per heavy atom. The van der Waals surface area contributed by atoms with Crippen molar-refractivity contribution < 1.29 is 17.5 Å². The smallest absolute Gasteiger partial charge is 0.271 e. The molecule has 0 aromatic heterocycles. The highest BCUT2D eigenvalue weighted by molar-refractivity contribution is 7.79. The SMILES string of the molecule is NNCCc1ccc(Cl)cc1.O=S(=O)(O)O. The van der Waals surface area contributed by atoms with E-state index in [2.05, 4.69) is 5.43 Å². The van der Waals surface area contributed by atoms with Crippen LogP contribution in [0.3, 0.4) is 0 Å². The van der Waals surface area contributed by atoms with Gasteiger partial charge in [-0.1, -0.05) is 23.7 Å². The van der Waals surface area contributed by atoms with Crippen LogP contribution in [0.25, 0.3) is 0 Å². The summed E-state index contributed by atoms with van der Waals surface area (Å²) in [4.78, 5) is 0. The molecule has 0 atom stereocenters. The zero-order valence-corrected chi connectivity index (χ0v) is 9.87. The third kappa shape index (κ3) is 11.4. The van der Waals surface area contributed by atoms with Gasteiger partial charge in [-0.25, -0.2) is 0 Å². The number of hydrazine groups is 1. The van der Waals surface area contributed by atoms with Crippen molar-refractivity contribution in [3.8, 4) is 0 Å². The van der Waals surface area contributed by atoms with E-state index < -0.39 is 10.4 Å². The predicted octanol–water partition coefficient (Wildman–Crippen LogP) is 0.693. The Morgan fingerprint density at radius 3 is 2.06 bits per heavy atom. The zero-order chi connectivity index (χ0) is 12.6. The fraction of sp³-hybridized carbons (Fsp3) is 0.250. The van der Waals surface area contributed by atoms with Crippen molar-refractivity contribution in [3.05, 3.63) is 34.9 Å². The molecule has 92 valence electrons. The van der Waals surface area contributed by atoms with Crippen LogP contribution >= 0.6 is 11.6 Å². The summed E-state index contributed by atoms with van der Waals surface area (Å²) in [6.45, 7) is 0.793. The normalized spacial score (nSPS) is 10.5. The van der Waals surface area contributed by atoms with Gasteiger partial charge in [-0.15, -0.1) is 0 Å². The minimum absolute atomic E-state index is 0.773. The van der Waals surface area contributed by atoms with E-state index in [4.69, 9.17) is 35.0 Å². The lowest BCUT2D eigenvalue weighted by Gasteiger charge is -1.99. The molecule has 0 saturated heterocycles. The van der Waals surface area contributed by atoms with Gasteiger partial charge in [0.2, 0.25) is 0 Å². The molecule has 1 aromatic carbocycles. The second kappa shape index (κ2) is 7.55. The fourth-order valence-corrected chi connectivity index (χ4v) is 0.994. The maximum Gasteiger partial charge on any atom is 0.394 e. The minimum Gasteiger partial charge on any atom is -0.271 e. The summed E-state index contributed by atoms with van der Waals surface area (Å²) in [7, 11) is -4.67. The van der Waals surface area contributed by atoms with E-state index in [1.807, 2.05) is 24.3 Å². The summed E-state index contributed by atoms with van der Waals surface area (Å²) < 4.78 is 31.6. The van der Waals surface area contributed by atoms with Crippen LogP contribution in [0.4, 0.5) is 0 Å². The molecule has 1 rings (SSSR count). The lowest BCUT2D eigenvalue weighted by Crippen LogP contribution is -2.24. The Hall–Kier alpha value is -0.700. The van der Waals surface area contributed by atoms with Crippen molar-refractivity contribution >= 4 is 22.0 Å². The van der Waals surface area contributed by atoms with E-state index in [-0.39, 0.29) is 0 Å². The van der Waals surface area contributed by atoms with Crippen LogP contribution in [0.5, 0.6) is 0 Å². The van der Waals surface area contributed by atoms with Gasteiger partial charge in [0.05, 0.1) is 0 Å². The highest BCUT2D eigenvalue weighted by Crippen LogP contribution is 2.09. The largest absolute Gasteiger partial charge is 0.394 e. The molecule has 5 N–H and O–H groups in total. The highest BCUT2D eigenvalue weighted by atomic mass is 35.5. The molecule has 0 aliphatic rings. The van der Waals surface area contributed by atoms with Crippen LogP contribution in [0.15, 0.2) is 24.3 Å². The molecule has 1 aromatic rings. The van der Waals surface area contributed by atoms with Crippen LogP contribution < -0.4 is 11.3 Å². The topological polar surface area (TPSA) is 113 Å². The summed E-state index contributed by atoms with van der Waals surface area (Å²) in [6.07, 6.45) is 0.938. The minimum atomic E-state index is -4.67. The molecular formula is C8H13ClN2O4S. The predicted molar refractivity (Wildman–Crippen MR) is 61.5 cm³/mol. The summed E-state index contributed by atoms with van der Waals surface area (Å²) in [5, 5.41) is 0.773. The van der Waals surface area contributed by atoms with E-state index in [1.165, 1.54) is 5.56 Å². The maximum atomic E-state index is 8.74. The van der Waals surface area contributed by atoms with Crippen LogP contribution in [0, 0.1) is 0 Å². The van der Waals surface area contributed by atoms with Crippen molar-refractivity contribution in [1.82, 2.24) is 5.43 Å². The first-order valence-electron chi connectivity index (χ1n) is 4.20. The molecule has 6 nitrogen and oxygen atoms in total. The van der Waals surface area contributed by atoms with Crippen LogP contribution in [-0.2, 0) is 16.8 Å². The Labute approximate surface area is 99.0 Å². The quantitative estimate of drug-likeness (QED) is 0.365. The molecule has 0 amide bonds. The van der Waals surface area contributed by atoms with Gasteiger partial charge < -0.3 is 0 Å². The third-order valence-corrected chi connectivity index (χ3v) is 1.72. The number of nitrogens with one attached hydrogen (secondary N) is 1. The molecule has 0 unspecified atom stereocenters. The molecular weight excluding hydrogens is 256 g/mol. The zero-order valence-electron chi connectivity index (χ0n) is 8.30. The second-order valence-electron chi connectivity index (χ2n) is 2.78. The van der Waals surface area contributed by atoms with Crippen LogP contribution in [0.1, 0.15) is 5.56 Å². The fourth-order valence-electron chi connectivity index (χ4n) is 0.868.